The highest BCUT2D eigenvalue weighted by molar-refractivity contribution is 5.94. The lowest BCUT2D eigenvalue weighted by Crippen LogP contribution is -2.34. The van der Waals surface area contributed by atoms with E-state index in [9.17, 15) is 9.90 Å². The number of hydrogen-bond acceptors (Lipinski definition) is 3. The van der Waals surface area contributed by atoms with Crippen LogP contribution in [-0.4, -0.2) is 28.8 Å². The molecule has 0 spiro atoms. The molecule has 1 rings (SSSR count). The molecule has 0 saturated heterocycles. The van der Waals surface area contributed by atoms with Gasteiger partial charge in [-0.05, 0) is 31.5 Å². The summed E-state index contributed by atoms with van der Waals surface area (Å²) in [5, 5.41) is 20.8. The summed E-state index contributed by atoms with van der Waals surface area (Å²) in [5.41, 5.74) is 1.11. The zero-order valence-corrected chi connectivity index (χ0v) is 8.82. The van der Waals surface area contributed by atoms with E-state index in [1.807, 2.05) is 0 Å². The first-order chi connectivity index (χ1) is 7.04. The summed E-state index contributed by atoms with van der Waals surface area (Å²) in [7, 11) is 0. The van der Waals surface area contributed by atoms with Crippen LogP contribution in [0.15, 0.2) is 18.2 Å². The van der Waals surface area contributed by atoms with Gasteiger partial charge in [-0.3, -0.25) is 4.79 Å². The summed E-state index contributed by atoms with van der Waals surface area (Å²) in [6.07, 6.45) is 0. The Morgan fingerprint density at radius 3 is 2.73 bits per heavy atom. The molecule has 15 heavy (non-hydrogen) atoms. The molecule has 3 N–H and O–H groups in total. The van der Waals surface area contributed by atoms with Crippen molar-refractivity contribution in [2.75, 3.05) is 6.61 Å². The van der Waals surface area contributed by atoms with Crippen molar-refractivity contribution in [3.63, 3.8) is 0 Å². The first kappa shape index (κ1) is 11.5. The Bertz CT molecular complexity index is 363. The number of aryl methyl sites for hydroxylation is 1. The molecule has 0 fully saturated rings. The molecule has 4 nitrogen and oxygen atoms in total. The van der Waals surface area contributed by atoms with Crippen LogP contribution < -0.4 is 5.32 Å². The molecular weight excluding hydrogens is 194 g/mol. The van der Waals surface area contributed by atoms with Crippen molar-refractivity contribution in [1.82, 2.24) is 5.32 Å². The lowest BCUT2D eigenvalue weighted by Gasteiger charge is -2.11. The highest BCUT2D eigenvalue weighted by Gasteiger charge is 2.09. The number of aliphatic hydroxyl groups is 1. The van der Waals surface area contributed by atoms with E-state index >= 15 is 0 Å². The van der Waals surface area contributed by atoms with Gasteiger partial charge in [0, 0.05) is 11.6 Å². The molecule has 0 bridgehead atoms. The minimum atomic E-state index is -0.299. The van der Waals surface area contributed by atoms with E-state index in [0.29, 0.717) is 5.56 Å². The summed E-state index contributed by atoms with van der Waals surface area (Å²) in [6.45, 7) is 3.35. The molecule has 0 saturated carbocycles. The van der Waals surface area contributed by atoms with E-state index in [2.05, 4.69) is 5.32 Å². The summed E-state index contributed by atoms with van der Waals surface area (Å²) in [4.78, 5) is 11.5. The first-order valence-corrected chi connectivity index (χ1v) is 4.76. The van der Waals surface area contributed by atoms with Gasteiger partial charge in [0.15, 0.2) is 0 Å². The molecule has 1 atom stereocenters. The van der Waals surface area contributed by atoms with Gasteiger partial charge in [0.1, 0.15) is 5.75 Å². The molecule has 1 amide bonds. The van der Waals surface area contributed by atoms with Crippen molar-refractivity contribution in [3.8, 4) is 5.75 Å². The van der Waals surface area contributed by atoms with Crippen LogP contribution in [0.4, 0.5) is 0 Å². The van der Waals surface area contributed by atoms with E-state index in [0.717, 1.165) is 5.56 Å². The van der Waals surface area contributed by atoms with Gasteiger partial charge >= 0.3 is 0 Å². The Balaban J connectivity index is 2.78. The van der Waals surface area contributed by atoms with E-state index in [4.69, 9.17) is 5.11 Å². The van der Waals surface area contributed by atoms with Crippen molar-refractivity contribution in [1.29, 1.82) is 0 Å². The molecule has 0 unspecified atom stereocenters. The van der Waals surface area contributed by atoms with Crippen LogP contribution in [0.25, 0.3) is 0 Å². The van der Waals surface area contributed by atoms with Crippen LogP contribution in [-0.2, 0) is 0 Å². The van der Waals surface area contributed by atoms with Gasteiger partial charge in [0.2, 0.25) is 0 Å². The summed E-state index contributed by atoms with van der Waals surface area (Å²) < 4.78 is 0. The Morgan fingerprint density at radius 1 is 1.53 bits per heavy atom. The fourth-order valence-corrected chi connectivity index (χ4v) is 1.10. The molecule has 82 valence electrons. The molecule has 0 aliphatic rings. The summed E-state index contributed by atoms with van der Waals surface area (Å²) >= 11 is 0. The van der Waals surface area contributed by atoms with Crippen LogP contribution in [0, 0.1) is 6.92 Å². The van der Waals surface area contributed by atoms with Crippen molar-refractivity contribution >= 4 is 5.91 Å². The quantitative estimate of drug-likeness (QED) is 0.690. The van der Waals surface area contributed by atoms with Crippen molar-refractivity contribution in [2.45, 2.75) is 19.9 Å². The van der Waals surface area contributed by atoms with Gasteiger partial charge in [-0.1, -0.05) is 6.07 Å². The zero-order chi connectivity index (χ0) is 11.4. The maximum absolute atomic E-state index is 11.5. The number of aliphatic hydroxyl groups excluding tert-OH is 1. The molecule has 4 heteroatoms. The summed E-state index contributed by atoms with van der Waals surface area (Å²) in [5.74, 6) is -0.203. The predicted molar refractivity (Wildman–Crippen MR) is 56.9 cm³/mol. The maximum Gasteiger partial charge on any atom is 0.251 e. The van der Waals surface area contributed by atoms with Gasteiger partial charge in [-0.25, -0.2) is 0 Å². The topological polar surface area (TPSA) is 69.6 Å². The fraction of sp³-hybridized carbons (Fsp3) is 0.364. The Morgan fingerprint density at radius 2 is 2.20 bits per heavy atom. The van der Waals surface area contributed by atoms with Gasteiger partial charge in [-0.15, -0.1) is 0 Å². The lowest BCUT2D eigenvalue weighted by molar-refractivity contribution is 0.0922. The number of phenols is 1. The minimum absolute atomic E-state index is 0.0966. The standard InChI is InChI=1S/C11H15NO3/c1-7-3-4-9(5-10(7)14)11(15)12-8(2)6-13/h3-5,8,13-14H,6H2,1-2H3,(H,12,15)/t8-/m0/s1. The average Bonchev–Trinajstić information content (AvgIpc) is 2.21. The number of carbonyl (C=O) groups is 1. The number of rotatable bonds is 3. The average molecular weight is 209 g/mol. The smallest absolute Gasteiger partial charge is 0.251 e. The largest absolute Gasteiger partial charge is 0.508 e. The highest BCUT2D eigenvalue weighted by Crippen LogP contribution is 2.17. The van der Waals surface area contributed by atoms with Crippen LogP contribution >= 0.6 is 0 Å². The van der Waals surface area contributed by atoms with Gasteiger partial charge in [0.25, 0.3) is 5.91 Å². The van der Waals surface area contributed by atoms with E-state index in [1.165, 1.54) is 6.07 Å². The Kier molecular flexibility index (Phi) is 3.68. The van der Waals surface area contributed by atoms with Gasteiger partial charge in [0.05, 0.1) is 6.61 Å². The molecule has 1 aromatic carbocycles. The van der Waals surface area contributed by atoms with E-state index in [1.54, 1.807) is 26.0 Å². The fourth-order valence-electron chi connectivity index (χ4n) is 1.10. The molecule has 0 aromatic heterocycles. The Hall–Kier alpha value is -1.55. The van der Waals surface area contributed by atoms with Crippen molar-refractivity contribution in [3.05, 3.63) is 29.3 Å². The Labute approximate surface area is 88.6 Å². The van der Waals surface area contributed by atoms with E-state index < -0.39 is 0 Å². The van der Waals surface area contributed by atoms with Crippen molar-refractivity contribution in [2.24, 2.45) is 0 Å². The van der Waals surface area contributed by atoms with Crippen molar-refractivity contribution < 1.29 is 15.0 Å². The molecule has 0 aliphatic carbocycles. The molecule has 1 aromatic rings. The number of aromatic hydroxyl groups is 1. The lowest BCUT2D eigenvalue weighted by atomic mass is 10.1. The number of nitrogens with one attached hydrogen (secondary N) is 1. The molecule has 0 radical (unpaired) electrons. The molecule has 0 aliphatic heterocycles. The number of carbonyl (C=O) groups excluding carboxylic acids is 1. The number of hydrogen-bond donors (Lipinski definition) is 3. The third kappa shape index (κ3) is 2.95. The summed E-state index contributed by atoms with van der Waals surface area (Å²) in [6, 6.07) is 4.43. The minimum Gasteiger partial charge on any atom is -0.508 e. The van der Waals surface area contributed by atoms with Crippen LogP contribution in [0.2, 0.25) is 0 Å². The first-order valence-electron chi connectivity index (χ1n) is 4.76. The second-order valence-corrected chi connectivity index (χ2v) is 3.56. The van der Waals surface area contributed by atoms with Gasteiger partial charge < -0.3 is 15.5 Å². The monoisotopic (exact) mass is 209 g/mol. The van der Waals surface area contributed by atoms with Crippen LogP contribution in [0.5, 0.6) is 5.75 Å². The molecular formula is C11H15NO3. The second kappa shape index (κ2) is 4.79. The number of benzene rings is 1. The number of phenolic OH excluding ortho intramolecular Hbond substituents is 1. The van der Waals surface area contributed by atoms with E-state index in [-0.39, 0.29) is 24.3 Å². The third-order valence-electron chi connectivity index (χ3n) is 2.12. The van der Waals surface area contributed by atoms with Crippen LogP contribution in [0.3, 0.4) is 0 Å². The highest BCUT2D eigenvalue weighted by atomic mass is 16.3. The predicted octanol–water partition coefficient (Wildman–Crippen LogP) is 0.811. The maximum atomic E-state index is 11.5. The number of amides is 1. The van der Waals surface area contributed by atoms with Crippen LogP contribution in [0.1, 0.15) is 22.8 Å². The zero-order valence-electron chi connectivity index (χ0n) is 8.82. The molecule has 0 heterocycles. The third-order valence-corrected chi connectivity index (χ3v) is 2.12. The van der Waals surface area contributed by atoms with Gasteiger partial charge in [-0.2, -0.15) is 0 Å². The second-order valence-electron chi connectivity index (χ2n) is 3.56. The SMILES string of the molecule is Cc1ccc(C(=O)N[C@@H](C)CO)cc1O. The normalized spacial score (nSPS) is 12.2.